The number of amides is 1. The fraction of sp³-hybridized carbons (Fsp3) is 0.409. The quantitative estimate of drug-likeness (QED) is 0.670. The molecule has 0 bridgehead atoms. The molecule has 0 saturated carbocycles. The van der Waals surface area contributed by atoms with Crippen molar-refractivity contribution in [2.75, 3.05) is 41.8 Å². The summed E-state index contributed by atoms with van der Waals surface area (Å²) in [6.07, 6.45) is 1.31. The van der Waals surface area contributed by atoms with Crippen LogP contribution in [0.1, 0.15) is 18.9 Å². The zero-order valence-electron chi connectivity index (χ0n) is 17.8. The van der Waals surface area contributed by atoms with Gasteiger partial charge in [0.15, 0.2) is 0 Å². The molecule has 2 aromatic rings. The van der Waals surface area contributed by atoms with E-state index in [9.17, 15) is 17.6 Å². The van der Waals surface area contributed by atoms with E-state index in [4.69, 9.17) is 4.74 Å². The SMILES string of the molecule is CCC(C(=O)NCc1ccc(N2CCOCC2)cc1)N(c1ccc(F)cc1)S(C)(=O)=O. The summed E-state index contributed by atoms with van der Waals surface area (Å²) in [7, 11) is -3.75. The monoisotopic (exact) mass is 449 g/mol. The second-order valence-electron chi connectivity index (χ2n) is 7.44. The maximum atomic E-state index is 13.3. The first-order valence-corrected chi connectivity index (χ1v) is 12.1. The largest absolute Gasteiger partial charge is 0.378 e. The minimum Gasteiger partial charge on any atom is -0.378 e. The van der Waals surface area contributed by atoms with Crippen molar-refractivity contribution in [3.63, 3.8) is 0 Å². The first kappa shape index (κ1) is 23.0. The lowest BCUT2D eigenvalue weighted by Crippen LogP contribution is -2.49. The van der Waals surface area contributed by atoms with E-state index in [0.717, 1.165) is 34.9 Å². The van der Waals surface area contributed by atoms with Gasteiger partial charge in [-0.15, -0.1) is 0 Å². The van der Waals surface area contributed by atoms with Crippen molar-refractivity contribution in [1.82, 2.24) is 5.32 Å². The average Bonchev–Trinajstić information content (AvgIpc) is 2.77. The Morgan fingerprint density at radius 1 is 1.13 bits per heavy atom. The summed E-state index contributed by atoms with van der Waals surface area (Å²) in [5.74, 6) is -0.885. The number of anilines is 2. The predicted octanol–water partition coefficient (Wildman–Crippen LogP) is 2.52. The van der Waals surface area contributed by atoms with Crippen LogP contribution in [0.25, 0.3) is 0 Å². The normalized spacial score (nSPS) is 15.4. The maximum Gasteiger partial charge on any atom is 0.244 e. The molecule has 1 amide bonds. The molecule has 1 fully saturated rings. The minimum absolute atomic E-state index is 0.251. The summed E-state index contributed by atoms with van der Waals surface area (Å²) < 4.78 is 44.5. The Bertz CT molecular complexity index is 975. The Morgan fingerprint density at radius 3 is 2.29 bits per heavy atom. The lowest BCUT2D eigenvalue weighted by molar-refractivity contribution is -0.122. The van der Waals surface area contributed by atoms with Gasteiger partial charge in [-0.1, -0.05) is 19.1 Å². The van der Waals surface area contributed by atoms with E-state index in [-0.39, 0.29) is 18.7 Å². The van der Waals surface area contributed by atoms with Gasteiger partial charge in [0.2, 0.25) is 15.9 Å². The van der Waals surface area contributed by atoms with Gasteiger partial charge in [0.05, 0.1) is 25.2 Å². The molecule has 1 unspecified atom stereocenters. The molecule has 7 nitrogen and oxygen atoms in total. The van der Waals surface area contributed by atoms with E-state index >= 15 is 0 Å². The second kappa shape index (κ2) is 10.1. The lowest BCUT2D eigenvalue weighted by Gasteiger charge is -2.30. The number of halogens is 1. The van der Waals surface area contributed by atoms with Crippen LogP contribution < -0.4 is 14.5 Å². The van der Waals surface area contributed by atoms with Crippen LogP contribution in [0.4, 0.5) is 15.8 Å². The number of morpholine rings is 1. The second-order valence-corrected chi connectivity index (χ2v) is 9.30. The molecule has 0 aliphatic carbocycles. The highest BCUT2D eigenvalue weighted by Gasteiger charge is 2.31. The number of benzene rings is 2. The molecule has 1 aliphatic rings. The van der Waals surface area contributed by atoms with Gasteiger partial charge in [0, 0.05) is 25.3 Å². The Labute approximate surface area is 182 Å². The predicted molar refractivity (Wildman–Crippen MR) is 119 cm³/mol. The number of nitrogens with one attached hydrogen (secondary N) is 1. The van der Waals surface area contributed by atoms with E-state index < -0.39 is 27.8 Å². The van der Waals surface area contributed by atoms with Crippen LogP contribution in [0.3, 0.4) is 0 Å². The van der Waals surface area contributed by atoms with Crippen LogP contribution in [0.5, 0.6) is 0 Å². The molecule has 1 atom stereocenters. The van der Waals surface area contributed by atoms with Crippen molar-refractivity contribution in [3.8, 4) is 0 Å². The Morgan fingerprint density at radius 2 is 1.74 bits per heavy atom. The molecular weight excluding hydrogens is 421 g/mol. The molecule has 1 heterocycles. The number of sulfonamides is 1. The standard InChI is InChI=1S/C22H28FN3O4S/c1-3-21(26(31(2,28)29)20-10-6-18(23)7-11-20)22(27)24-16-17-4-8-19(9-5-17)25-12-14-30-15-13-25/h4-11,21H,3,12-16H2,1-2H3,(H,24,27). The molecule has 168 valence electrons. The molecular formula is C22H28FN3O4S. The van der Waals surface area contributed by atoms with E-state index in [1.807, 2.05) is 24.3 Å². The Hall–Kier alpha value is -2.65. The molecule has 0 aromatic heterocycles. The maximum absolute atomic E-state index is 13.3. The third-order valence-corrected chi connectivity index (χ3v) is 6.37. The van der Waals surface area contributed by atoms with E-state index in [1.165, 1.54) is 24.3 Å². The number of carbonyl (C=O) groups is 1. The van der Waals surface area contributed by atoms with Gasteiger partial charge in [0.1, 0.15) is 11.9 Å². The van der Waals surface area contributed by atoms with Gasteiger partial charge >= 0.3 is 0 Å². The van der Waals surface area contributed by atoms with E-state index in [1.54, 1.807) is 6.92 Å². The fourth-order valence-electron chi connectivity index (χ4n) is 3.60. The van der Waals surface area contributed by atoms with E-state index in [2.05, 4.69) is 10.2 Å². The van der Waals surface area contributed by atoms with Crippen LogP contribution in [-0.2, 0) is 26.1 Å². The summed E-state index contributed by atoms with van der Waals surface area (Å²) >= 11 is 0. The number of nitrogens with zero attached hydrogens (tertiary/aromatic N) is 2. The van der Waals surface area contributed by atoms with Gasteiger partial charge in [-0.05, 0) is 48.4 Å². The number of carbonyl (C=O) groups excluding carboxylic acids is 1. The molecule has 9 heteroatoms. The van der Waals surface area contributed by atoms with Gasteiger partial charge in [-0.2, -0.15) is 0 Å². The summed E-state index contributed by atoms with van der Waals surface area (Å²) in [4.78, 5) is 15.1. The summed E-state index contributed by atoms with van der Waals surface area (Å²) in [5, 5.41) is 2.83. The van der Waals surface area contributed by atoms with Gasteiger partial charge in [-0.3, -0.25) is 9.10 Å². The van der Waals surface area contributed by atoms with Gasteiger partial charge in [-0.25, -0.2) is 12.8 Å². The number of hydrogen-bond donors (Lipinski definition) is 1. The highest BCUT2D eigenvalue weighted by molar-refractivity contribution is 7.92. The summed E-state index contributed by atoms with van der Waals surface area (Å²) in [6, 6.07) is 12.0. The zero-order valence-corrected chi connectivity index (χ0v) is 18.6. The minimum atomic E-state index is -3.75. The Kier molecular flexibility index (Phi) is 7.50. The molecule has 1 aliphatic heterocycles. The van der Waals surface area contributed by atoms with Crippen LogP contribution in [-0.4, -0.2) is 52.9 Å². The fourth-order valence-corrected chi connectivity index (χ4v) is 4.81. The summed E-state index contributed by atoms with van der Waals surface area (Å²) in [6.45, 7) is 5.13. The molecule has 1 saturated heterocycles. The van der Waals surface area contributed by atoms with Crippen molar-refractivity contribution in [3.05, 3.63) is 59.9 Å². The zero-order chi connectivity index (χ0) is 22.4. The van der Waals surface area contributed by atoms with Gasteiger partial charge < -0.3 is 15.0 Å². The van der Waals surface area contributed by atoms with Crippen LogP contribution in [0.2, 0.25) is 0 Å². The van der Waals surface area contributed by atoms with Crippen molar-refractivity contribution in [2.24, 2.45) is 0 Å². The number of ether oxygens (including phenoxy) is 1. The summed E-state index contributed by atoms with van der Waals surface area (Å²) in [5.41, 5.74) is 2.26. The van der Waals surface area contributed by atoms with Crippen molar-refractivity contribution >= 4 is 27.3 Å². The smallest absolute Gasteiger partial charge is 0.244 e. The molecule has 0 radical (unpaired) electrons. The van der Waals surface area contributed by atoms with Crippen molar-refractivity contribution in [2.45, 2.75) is 25.9 Å². The molecule has 31 heavy (non-hydrogen) atoms. The third-order valence-electron chi connectivity index (χ3n) is 5.19. The number of hydrogen-bond acceptors (Lipinski definition) is 5. The number of rotatable bonds is 8. The highest BCUT2D eigenvalue weighted by Crippen LogP contribution is 2.23. The van der Waals surface area contributed by atoms with Crippen LogP contribution in [0, 0.1) is 5.82 Å². The molecule has 3 rings (SSSR count). The molecule has 1 N–H and O–H groups in total. The van der Waals surface area contributed by atoms with Crippen LogP contribution >= 0.6 is 0 Å². The van der Waals surface area contributed by atoms with Crippen LogP contribution in [0.15, 0.2) is 48.5 Å². The van der Waals surface area contributed by atoms with Crippen molar-refractivity contribution < 1.29 is 22.3 Å². The first-order chi connectivity index (χ1) is 14.8. The molecule has 0 spiro atoms. The third kappa shape index (κ3) is 5.95. The lowest BCUT2D eigenvalue weighted by atomic mass is 10.1. The average molecular weight is 450 g/mol. The van der Waals surface area contributed by atoms with Crippen molar-refractivity contribution in [1.29, 1.82) is 0 Å². The first-order valence-electron chi connectivity index (χ1n) is 10.2. The van der Waals surface area contributed by atoms with Gasteiger partial charge in [0.25, 0.3) is 0 Å². The Balaban J connectivity index is 1.68. The molecule has 2 aromatic carbocycles. The highest BCUT2D eigenvalue weighted by atomic mass is 32.2. The van der Waals surface area contributed by atoms with E-state index in [0.29, 0.717) is 13.2 Å². The topological polar surface area (TPSA) is 79.0 Å².